The first-order valence-electron chi connectivity index (χ1n) is 8.12. The summed E-state index contributed by atoms with van der Waals surface area (Å²) in [6.07, 6.45) is 1.16. The second kappa shape index (κ2) is 9.29. The van der Waals surface area contributed by atoms with E-state index in [1.165, 1.54) is 0 Å². The van der Waals surface area contributed by atoms with Gasteiger partial charge in [-0.15, -0.1) is 0 Å². The van der Waals surface area contributed by atoms with Crippen molar-refractivity contribution in [2.24, 2.45) is 15.7 Å². The Balaban J connectivity index is 2.16. The molecule has 2 rings (SSSR count). The van der Waals surface area contributed by atoms with Gasteiger partial charge >= 0.3 is 0 Å². The van der Waals surface area contributed by atoms with E-state index in [9.17, 15) is 9.59 Å². The number of aryl methyl sites for hydroxylation is 1. The summed E-state index contributed by atoms with van der Waals surface area (Å²) in [6, 6.07) is 16.1. The fourth-order valence-electron chi connectivity index (χ4n) is 2.19. The number of nitrogens with one attached hydrogen (secondary N) is 1. The van der Waals surface area contributed by atoms with Crippen LogP contribution in [0.4, 0.5) is 11.4 Å². The zero-order valence-corrected chi connectivity index (χ0v) is 14.5. The summed E-state index contributed by atoms with van der Waals surface area (Å²) >= 11 is 0. The number of benzene rings is 2. The van der Waals surface area contributed by atoms with Gasteiger partial charge in [0.05, 0.1) is 23.3 Å². The molecule has 0 spiro atoms. The van der Waals surface area contributed by atoms with Crippen molar-refractivity contribution in [2.45, 2.75) is 13.3 Å². The van der Waals surface area contributed by atoms with Crippen molar-refractivity contribution in [3.05, 3.63) is 60.2 Å². The van der Waals surface area contributed by atoms with Gasteiger partial charge in [-0.2, -0.15) is 0 Å². The number of carbonyl (C=O) groups is 2. The molecule has 0 aromatic heterocycles. The van der Waals surface area contributed by atoms with E-state index in [0.717, 1.165) is 11.8 Å². The van der Waals surface area contributed by atoms with Gasteiger partial charge < -0.3 is 5.73 Å². The van der Waals surface area contributed by atoms with Crippen LogP contribution in [0.1, 0.15) is 12.0 Å². The lowest BCUT2D eigenvalue weighted by atomic mass is 10.1. The van der Waals surface area contributed by atoms with Crippen LogP contribution < -0.4 is 5.73 Å². The first kappa shape index (κ1) is 19.1. The van der Waals surface area contributed by atoms with Crippen LogP contribution in [0.25, 0.3) is 0 Å². The quantitative estimate of drug-likeness (QED) is 0.565. The minimum atomic E-state index is -0.954. The van der Waals surface area contributed by atoms with E-state index in [0.29, 0.717) is 11.4 Å². The van der Waals surface area contributed by atoms with E-state index in [2.05, 4.69) is 9.98 Å². The number of nitrogens with two attached hydrogens (primary N) is 1. The number of ketones is 2. The van der Waals surface area contributed by atoms with Gasteiger partial charge in [-0.05, 0) is 43.3 Å². The maximum atomic E-state index is 12.3. The van der Waals surface area contributed by atoms with E-state index < -0.39 is 17.3 Å². The molecular weight excluding hydrogens is 328 g/mol. The number of hydrogen-bond donors (Lipinski definition) is 2. The maximum Gasteiger partial charge on any atom is 0.253 e. The number of nitrogens with zero attached hydrogens (tertiary/aromatic N) is 2. The molecule has 0 aliphatic rings. The van der Waals surface area contributed by atoms with E-state index in [1.54, 1.807) is 36.4 Å². The topological polar surface area (TPSA) is 109 Å². The number of carbonyl (C=O) groups excluding carboxylic acids is 2. The average molecular weight is 348 g/mol. The second-order valence-electron chi connectivity index (χ2n) is 5.60. The summed E-state index contributed by atoms with van der Waals surface area (Å²) < 4.78 is 0. The molecule has 2 aromatic rings. The highest BCUT2D eigenvalue weighted by Gasteiger charge is 2.22. The van der Waals surface area contributed by atoms with Gasteiger partial charge in [0.15, 0.2) is 0 Å². The highest BCUT2D eigenvalue weighted by Crippen LogP contribution is 2.13. The summed E-state index contributed by atoms with van der Waals surface area (Å²) in [5, 5.41) is 8.03. The van der Waals surface area contributed by atoms with E-state index >= 15 is 0 Å². The fraction of sp³-hybridized carbons (Fsp3) is 0.150. The van der Waals surface area contributed by atoms with Crippen molar-refractivity contribution in [1.82, 2.24) is 0 Å². The number of rotatable bonds is 8. The Bertz CT molecular complexity index is 870. The van der Waals surface area contributed by atoms with Crippen LogP contribution >= 0.6 is 0 Å². The van der Waals surface area contributed by atoms with Gasteiger partial charge in [0.2, 0.25) is 5.78 Å². The zero-order valence-electron chi connectivity index (χ0n) is 14.5. The maximum absolute atomic E-state index is 12.3. The smallest absolute Gasteiger partial charge is 0.253 e. The second-order valence-corrected chi connectivity index (χ2v) is 5.60. The Morgan fingerprint density at radius 2 is 1.77 bits per heavy atom. The van der Waals surface area contributed by atoms with Crippen molar-refractivity contribution in [3.8, 4) is 0 Å². The molecule has 0 fully saturated rings. The third-order valence-corrected chi connectivity index (χ3v) is 3.47. The van der Waals surface area contributed by atoms with Crippen LogP contribution in [0.5, 0.6) is 0 Å². The molecule has 0 radical (unpaired) electrons. The Kier molecular flexibility index (Phi) is 6.82. The van der Waals surface area contributed by atoms with Gasteiger partial charge in [0.1, 0.15) is 5.71 Å². The summed E-state index contributed by atoms with van der Waals surface area (Å²) in [5.74, 6) is -1.82. The van der Waals surface area contributed by atoms with Gasteiger partial charge in [-0.1, -0.05) is 30.3 Å². The SMILES string of the molecule is Cc1cccc(N=CC(=O)C(=O)C(=N)C(CCN)=Nc2ccccc2)c1. The third kappa shape index (κ3) is 5.39. The summed E-state index contributed by atoms with van der Waals surface area (Å²) in [7, 11) is 0. The molecule has 3 N–H and O–H groups in total. The highest BCUT2D eigenvalue weighted by atomic mass is 16.2. The van der Waals surface area contributed by atoms with Crippen molar-refractivity contribution in [3.63, 3.8) is 0 Å². The van der Waals surface area contributed by atoms with Crippen molar-refractivity contribution in [1.29, 1.82) is 5.41 Å². The Labute approximate surface area is 152 Å². The molecule has 0 amide bonds. The molecular formula is C20H20N4O2. The molecule has 0 saturated heterocycles. The van der Waals surface area contributed by atoms with Crippen LogP contribution in [-0.4, -0.2) is 35.7 Å². The summed E-state index contributed by atoms with van der Waals surface area (Å²) in [6.45, 7) is 2.12. The first-order valence-corrected chi connectivity index (χ1v) is 8.12. The van der Waals surface area contributed by atoms with E-state index in [1.807, 2.05) is 25.1 Å². The monoisotopic (exact) mass is 348 g/mol. The van der Waals surface area contributed by atoms with Gasteiger partial charge in [0, 0.05) is 6.42 Å². The van der Waals surface area contributed by atoms with Crippen LogP contribution in [0, 0.1) is 12.3 Å². The minimum Gasteiger partial charge on any atom is -0.330 e. The molecule has 132 valence electrons. The lowest BCUT2D eigenvalue weighted by molar-refractivity contribution is -0.128. The average Bonchev–Trinajstić information content (AvgIpc) is 2.65. The number of hydrogen-bond acceptors (Lipinski definition) is 6. The molecule has 0 atom stereocenters. The Morgan fingerprint density at radius 3 is 2.42 bits per heavy atom. The number of aliphatic imine (C=N–C) groups is 2. The van der Waals surface area contributed by atoms with Gasteiger partial charge in [-0.25, -0.2) is 0 Å². The molecule has 0 saturated carbocycles. The molecule has 2 aromatic carbocycles. The molecule has 0 aliphatic heterocycles. The molecule has 0 unspecified atom stereocenters. The number of Topliss-reactive ketones (excluding diaryl/α,β-unsaturated/α-hetero) is 2. The van der Waals surface area contributed by atoms with Crippen LogP contribution in [0.2, 0.25) is 0 Å². The standard InChI is InChI=1S/C20H20N4O2/c1-14-6-5-9-16(12-14)23-13-18(25)20(26)19(22)17(10-11-21)24-15-7-3-2-4-8-15/h2-9,12-13,22H,10-11,21H2,1H3. The summed E-state index contributed by atoms with van der Waals surface area (Å²) in [5.41, 5.74) is 7.42. The van der Waals surface area contributed by atoms with Crippen LogP contribution in [-0.2, 0) is 9.59 Å². The molecule has 0 aliphatic carbocycles. The largest absolute Gasteiger partial charge is 0.330 e. The predicted octanol–water partition coefficient (Wildman–Crippen LogP) is 2.98. The Hall–Kier alpha value is -3.25. The van der Waals surface area contributed by atoms with Crippen molar-refractivity contribution in [2.75, 3.05) is 6.54 Å². The Morgan fingerprint density at radius 1 is 1.08 bits per heavy atom. The highest BCUT2D eigenvalue weighted by molar-refractivity contribution is 6.86. The normalized spacial score (nSPS) is 11.5. The third-order valence-electron chi connectivity index (χ3n) is 3.47. The first-order chi connectivity index (χ1) is 12.5. The minimum absolute atomic E-state index is 0.181. The van der Waals surface area contributed by atoms with Crippen LogP contribution in [0.15, 0.2) is 64.6 Å². The van der Waals surface area contributed by atoms with Gasteiger partial charge in [-0.3, -0.25) is 25.0 Å². The molecule has 0 heterocycles. The number of para-hydroxylation sites is 1. The van der Waals surface area contributed by atoms with E-state index in [-0.39, 0.29) is 18.7 Å². The van der Waals surface area contributed by atoms with Crippen LogP contribution in [0.3, 0.4) is 0 Å². The molecule has 0 bridgehead atoms. The lowest BCUT2D eigenvalue weighted by Crippen LogP contribution is -2.31. The van der Waals surface area contributed by atoms with Gasteiger partial charge in [0.25, 0.3) is 5.78 Å². The van der Waals surface area contributed by atoms with Crippen molar-refractivity contribution >= 4 is 40.6 Å². The van der Waals surface area contributed by atoms with E-state index in [4.69, 9.17) is 11.1 Å². The zero-order chi connectivity index (χ0) is 18.9. The molecule has 6 heteroatoms. The van der Waals surface area contributed by atoms with Crippen molar-refractivity contribution < 1.29 is 9.59 Å². The summed E-state index contributed by atoms with van der Waals surface area (Å²) in [4.78, 5) is 32.6. The fourth-order valence-corrected chi connectivity index (χ4v) is 2.19. The predicted molar refractivity (Wildman–Crippen MR) is 104 cm³/mol. The molecule has 26 heavy (non-hydrogen) atoms. The lowest BCUT2D eigenvalue weighted by Gasteiger charge is -2.05. The molecule has 6 nitrogen and oxygen atoms in total.